The van der Waals surface area contributed by atoms with Crippen LogP contribution in [0.3, 0.4) is 0 Å². The molecule has 2 rings (SSSR count). The molecule has 0 saturated heterocycles. The number of aromatic nitrogens is 1. The zero-order valence-corrected chi connectivity index (χ0v) is 14.7. The second kappa shape index (κ2) is 8.82. The standard InChI is InChI=1S/C19H24N4O2/c1-4-13(2)21-18(24)15-8-10-16(11-9-15)23-19(25)22-14(3)17-7-5-6-12-20-17/h5-14H,4H2,1-3H3,(H,21,24)(H2,22,23,25)/t13-,14-/m0/s1. The van der Waals surface area contributed by atoms with Crippen molar-refractivity contribution < 1.29 is 9.59 Å². The number of hydrogen-bond donors (Lipinski definition) is 3. The Morgan fingerprint density at radius 3 is 2.36 bits per heavy atom. The van der Waals surface area contributed by atoms with Crippen LogP contribution in [0.25, 0.3) is 0 Å². The van der Waals surface area contributed by atoms with Crippen LogP contribution in [0.2, 0.25) is 0 Å². The number of rotatable bonds is 6. The molecule has 3 N–H and O–H groups in total. The molecule has 0 bridgehead atoms. The van der Waals surface area contributed by atoms with Crippen LogP contribution < -0.4 is 16.0 Å². The normalized spacial score (nSPS) is 12.8. The number of hydrogen-bond acceptors (Lipinski definition) is 3. The predicted molar refractivity (Wildman–Crippen MR) is 98.5 cm³/mol. The van der Waals surface area contributed by atoms with Crippen molar-refractivity contribution in [1.29, 1.82) is 0 Å². The number of nitrogens with zero attached hydrogens (tertiary/aromatic N) is 1. The molecule has 0 saturated carbocycles. The van der Waals surface area contributed by atoms with Gasteiger partial charge in [0.15, 0.2) is 0 Å². The van der Waals surface area contributed by atoms with Crippen LogP contribution in [0.5, 0.6) is 0 Å². The molecule has 25 heavy (non-hydrogen) atoms. The zero-order valence-electron chi connectivity index (χ0n) is 14.7. The Morgan fingerprint density at radius 1 is 1.04 bits per heavy atom. The Bertz CT molecular complexity index is 701. The van der Waals surface area contributed by atoms with E-state index in [2.05, 4.69) is 20.9 Å². The quantitative estimate of drug-likeness (QED) is 0.753. The molecule has 0 aliphatic heterocycles. The lowest BCUT2D eigenvalue weighted by molar-refractivity contribution is 0.0939. The third kappa shape index (κ3) is 5.60. The minimum absolute atomic E-state index is 0.117. The van der Waals surface area contributed by atoms with Gasteiger partial charge in [0.1, 0.15) is 0 Å². The molecular formula is C19H24N4O2. The van der Waals surface area contributed by atoms with Crippen LogP contribution in [0, 0.1) is 0 Å². The molecule has 0 fully saturated rings. The first-order chi connectivity index (χ1) is 12.0. The monoisotopic (exact) mass is 340 g/mol. The number of anilines is 1. The van der Waals surface area contributed by atoms with Crippen molar-refractivity contribution in [2.45, 2.75) is 39.3 Å². The summed E-state index contributed by atoms with van der Waals surface area (Å²) in [6.45, 7) is 5.84. The number of pyridine rings is 1. The van der Waals surface area contributed by atoms with E-state index in [1.807, 2.05) is 39.0 Å². The Kier molecular flexibility index (Phi) is 6.51. The van der Waals surface area contributed by atoms with Crippen molar-refractivity contribution in [3.8, 4) is 0 Å². The number of benzene rings is 1. The molecule has 2 aromatic rings. The molecule has 3 amide bonds. The summed E-state index contributed by atoms with van der Waals surface area (Å²) >= 11 is 0. The van der Waals surface area contributed by atoms with Gasteiger partial charge in [-0.25, -0.2) is 4.79 Å². The highest BCUT2D eigenvalue weighted by atomic mass is 16.2. The highest BCUT2D eigenvalue weighted by Crippen LogP contribution is 2.12. The Balaban J connectivity index is 1.90. The SMILES string of the molecule is CC[C@H](C)NC(=O)c1ccc(NC(=O)N[C@@H](C)c2ccccn2)cc1. The maximum atomic E-state index is 12.1. The van der Waals surface area contributed by atoms with Gasteiger partial charge in [-0.15, -0.1) is 0 Å². The Labute approximate surface area is 148 Å². The number of amides is 3. The topological polar surface area (TPSA) is 83.1 Å². The first-order valence-electron chi connectivity index (χ1n) is 8.39. The average molecular weight is 340 g/mol. The van der Waals surface area contributed by atoms with Gasteiger partial charge in [0.05, 0.1) is 11.7 Å². The minimum Gasteiger partial charge on any atom is -0.350 e. The van der Waals surface area contributed by atoms with Crippen LogP contribution in [0.4, 0.5) is 10.5 Å². The van der Waals surface area contributed by atoms with E-state index in [-0.39, 0.29) is 24.0 Å². The summed E-state index contributed by atoms with van der Waals surface area (Å²) in [7, 11) is 0. The van der Waals surface area contributed by atoms with Gasteiger partial charge in [-0.2, -0.15) is 0 Å². The first-order valence-corrected chi connectivity index (χ1v) is 8.39. The molecule has 1 heterocycles. The molecule has 132 valence electrons. The molecule has 2 atom stereocenters. The highest BCUT2D eigenvalue weighted by molar-refractivity contribution is 5.95. The van der Waals surface area contributed by atoms with E-state index >= 15 is 0 Å². The maximum Gasteiger partial charge on any atom is 0.319 e. The van der Waals surface area contributed by atoms with Crippen molar-refractivity contribution in [2.24, 2.45) is 0 Å². The van der Waals surface area contributed by atoms with Crippen LogP contribution in [-0.4, -0.2) is 23.0 Å². The number of carbonyl (C=O) groups excluding carboxylic acids is 2. The van der Waals surface area contributed by atoms with Gasteiger partial charge < -0.3 is 16.0 Å². The number of carbonyl (C=O) groups is 2. The Hall–Kier alpha value is -2.89. The second-order valence-corrected chi connectivity index (χ2v) is 5.93. The van der Waals surface area contributed by atoms with Gasteiger partial charge in [0, 0.05) is 23.5 Å². The van der Waals surface area contributed by atoms with Gasteiger partial charge in [-0.1, -0.05) is 13.0 Å². The summed E-state index contributed by atoms with van der Waals surface area (Å²) in [5.41, 5.74) is 1.97. The average Bonchev–Trinajstić information content (AvgIpc) is 2.62. The zero-order chi connectivity index (χ0) is 18.2. The van der Waals surface area contributed by atoms with Gasteiger partial charge in [-0.05, 0) is 56.7 Å². The van der Waals surface area contributed by atoms with Crippen molar-refractivity contribution in [1.82, 2.24) is 15.6 Å². The highest BCUT2D eigenvalue weighted by Gasteiger charge is 2.11. The van der Waals surface area contributed by atoms with Crippen LogP contribution in [0.1, 0.15) is 49.3 Å². The fourth-order valence-corrected chi connectivity index (χ4v) is 2.18. The largest absolute Gasteiger partial charge is 0.350 e. The number of nitrogens with one attached hydrogen (secondary N) is 3. The van der Waals surface area contributed by atoms with E-state index in [1.54, 1.807) is 30.5 Å². The number of urea groups is 1. The first kappa shape index (κ1) is 18.4. The fourth-order valence-electron chi connectivity index (χ4n) is 2.18. The fraction of sp³-hybridized carbons (Fsp3) is 0.316. The maximum absolute atomic E-state index is 12.1. The van der Waals surface area contributed by atoms with E-state index in [0.29, 0.717) is 11.3 Å². The van der Waals surface area contributed by atoms with Crippen LogP contribution in [0.15, 0.2) is 48.7 Å². The van der Waals surface area contributed by atoms with Crippen molar-refractivity contribution >= 4 is 17.6 Å². The van der Waals surface area contributed by atoms with Crippen LogP contribution in [-0.2, 0) is 0 Å². The lowest BCUT2D eigenvalue weighted by atomic mass is 10.1. The molecule has 0 aliphatic rings. The lowest BCUT2D eigenvalue weighted by Gasteiger charge is -2.14. The van der Waals surface area contributed by atoms with E-state index in [1.165, 1.54) is 0 Å². The van der Waals surface area contributed by atoms with Crippen molar-refractivity contribution in [3.63, 3.8) is 0 Å². The molecule has 1 aromatic heterocycles. The lowest BCUT2D eigenvalue weighted by Crippen LogP contribution is -2.32. The van der Waals surface area contributed by atoms with E-state index < -0.39 is 0 Å². The molecule has 0 unspecified atom stereocenters. The predicted octanol–water partition coefficient (Wildman–Crippen LogP) is 3.49. The minimum atomic E-state index is -0.324. The van der Waals surface area contributed by atoms with Gasteiger partial charge in [0.25, 0.3) is 5.91 Å². The van der Waals surface area contributed by atoms with E-state index in [0.717, 1.165) is 12.1 Å². The third-order valence-electron chi connectivity index (χ3n) is 3.87. The third-order valence-corrected chi connectivity index (χ3v) is 3.87. The van der Waals surface area contributed by atoms with Gasteiger partial charge in [-0.3, -0.25) is 9.78 Å². The molecule has 6 nitrogen and oxygen atoms in total. The summed E-state index contributed by atoms with van der Waals surface area (Å²) in [5.74, 6) is -0.117. The molecule has 0 radical (unpaired) electrons. The Morgan fingerprint density at radius 2 is 1.76 bits per heavy atom. The van der Waals surface area contributed by atoms with E-state index in [4.69, 9.17) is 0 Å². The summed E-state index contributed by atoms with van der Waals surface area (Å²) in [4.78, 5) is 28.3. The van der Waals surface area contributed by atoms with E-state index in [9.17, 15) is 9.59 Å². The smallest absolute Gasteiger partial charge is 0.319 e. The summed E-state index contributed by atoms with van der Waals surface area (Å²) < 4.78 is 0. The summed E-state index contributed by atoms with van der Waals surface area (Å²) in [6, 6.07) is 11.9. The molecule has 6 heteroatoms. The molecule has 0 spiro atoms. The second-order valence-electron chi connectivity index (χ2n) is 5.93. The van der Waals surface area contributed by atoms with Crippen molar-refractivity contribution in [2.75, 3.05) is 5.32 Å². The van der Waals surface area contributed by atoms with Crippen molar-refractivity contribution in [3.05, 3.63) is 59.9 Å². The van der Waals surface area contributed by atoms with Gasteiger partial charge in [0.2, 0.25) is 0 Å². The molecule has 0 aliphatic carbocycles. The van der Waals surface area contributed by atoms with Gasteiger partial charge >= 0.3 is 6.03 Å². The summed E-state index contributed by atoms with van der Waals surface area (Å²) in [6.07, 6.45) is 2.56. The molecule has 1 aromatic carbocycles. The summed E-state index contributed by atoms with van der Waals surface area (Å²) in [5, 5.41) is 8.48. The molecular weight excluding hydrogens is 316 g/mol. The van der Waals surface area contributed by atoms with Crippen LogP contribution >= 0.6 is 0 Å².